The summed E-state index contributed by atoms with van der Waals surface area (Å²) in [5, 5.41) is 16.0. The molecule has 2 aromatic rings. The van der Waals surface area contributed by atoms with Crippen LogP contribution in [0.2, 0.25) is 0 Å². The molecule has 1 amide bonds. The van der Waals surface area contributed by atoms with Gasteiger partial charge in [0.2, 0.25) is 5.91 Å². The Bertz CT molecular complexity index is 832. The van der Waals surface area contributed by atoms with E-state index in [9.17, 15) is 9.90 Å². The van der Waals surface area contributed by atoms with Crippen molar-refractivity contribution in [2.45, 2.75) is 19.4 Å². The second-order valence-electron chi connectivity index (χ2n) is 5.76. The van der Waals surface area contributed by atoms with E-state index in [1.54, 1.807) is 38.5 Å². The monoisotopic (exact) mass is 340 g/mol. The lowest BCUT2D eigenvalue weighted by molar-refractivity contribution is -0.130. The minimum absolute atomic E-state index is 0.145. The lowest BCUT2D eigenvalue weighted by Gasteiger charge is -2.22. The average Bonchev–Trinajstić information content (AvgIpc) is 3.06. The smallest absolute Gasteiger partial charge is 0.240 e. The number of nitrogens with zero attached hydrogens (tertiary/aromatic N) is 2. The number of ether oxygens (including phenoxy) is 2. The Labute approximate surface area is 146 Å². The van der Waals surface area contributed by atoms with Crippen molar-refractivity contribution in [1.29, 1.82) is 0 Å². The summed E-state index contributed by atoms with van der Waals surface area (Å²) in [6.45, 7) is 1.47. The molecule has 1 aliphatic heterocycles. The predicted molar refractivity (Wildman–Crippen MR) is 94.1 cm³/mol. The standard InChI is InChI=1S/C19H20N2O4/c1-12(22)21-17(15-9-8-13(24-2)10-19(15)25-3)11-16(20-21)14-6-4-5-7-18(14)23/h4-10,17,23H,11H2,1-3H3/t17-/m0/s1. The van der Waals surface area contributed by atoms with Gasteiger partial charge in [-0.05, 0) is 24.3 Å². The van der Waals surface area contributed by atoms with Gasteiger partial charge in [-0.1, -0.05) is 12.1 Å². The van der Waals surface area contributed by atoms with E-state index in [1.165, 1.54) is 11.9 Å². The maximum absolute atomic E-state index is 12.1. The van der Waals surface area contributed by atoms with E-state index >= 15 is 0 Å². The summed E-state index contributed by atoms with van der Waals surface area (Å²) < 4.78 is 10.7. The second kappa shape index (κ2) is 6.84. The maximum Gasteiger partial charge on any atom is 0.240 e. The lowest BCUT2D eigenvalue weighted by atomic mass is 9.97. The van der Waals surface area contributed by atoms with Crippen molar-refractivity contribution in [3.8, 4) is 17.2 Å². The molecule has 0 saturated carbocycles. The summed E-state index contributed by atoms with van der Waals surface area (Å²) in [5.74, 6) is 1.28. The molecule has 0 aliphatic carbocycles. The molecule has 6 heteroatoms. The third-order valence-electron chi connectivity index (χ3n) is 4.25. The molecule has 0 saturated heterocycles. The van der Waals surface area contributed by atoms with E-state index in [-0.39, 0.29) is 17.7 Å². The van der Waals surface area contributed by atoms with Crippen LogP contribution < -0.4 is 9.47 Å². The van der Waals surface area contributed by atoms with Crippen molar-refractivity contribution in [1.82, 2.24) is 5.01 Å². The van der Waals surface area contributed by atoms with Gasteiger partial charge in [-0.25, -0.2) is 5.01 Å². The molecule has 1 aliphatic rings. The minimum atomic E-state index is -0.298. The number of phenols is 1. The van der Waals surface area contributed by atoms with Crippen molar-refractivity contribution in [3.63, 3.8) is 0 Å². The molecule has 0 aromatic heterocycles. The Morgan fingerprint density at radius 1 is 1.20 bits per heavy atom. The van der Waals surface area contributed by atoms with Crippen LogP contribution in [0.25, 0.3) is 0 Å². The van der Waals surface area contributed by atoms with Crippen LogP contribution in [0, 0.1) is 0 Å². The molecular formula is C19H20N2O4. The van der Waals surface area contributed by atoms with Crippen LogP contribution in [0.15, 0.2) is 47.6 Å². The summed E-state index contributed by atoms with van der Waals surface area (Å²) in [7, 11) is 3.17. The number of para-hydroxylation sites is 1. The summed E-state index contributed by atoms with van der Waals surface area (Å²) in [4.78, 5) is 12.1. The first-order valence-electron chi connectivity index (χ1n) is 7.92. The van der Waals surface area contributed by atoms with E-state index < -0.39 is 0 Å². The number of hydrogen-bond acceptors (Lipinski definition) is 5. The number of phenolic OH excluding ortho intramolecular Hbond substituents is 1. The molecule has 0 bridgehead atoms. The topological polar surface area (TPSA) is 71.4 Å². The third-order valence-corrected chi connectivity index (χ3v) is 4.25. The molecule has 0 spiro atoms. The van der Waals surface area contributed by atoms with E-state index in [2.05, 4.69) is 5.10 Å². The van der Waals surface area contributed by atoms with Gasteiger partial charge in [0, 0.05) is 30.5 Å². The summed E-state index contributed by atoms with van der Waals surface area (Å²) >= 11 is 0. The van der Waals surface area contributed by atoms with Gasteiger partial charge in [0.1, 0.15) is 17.2 Å². The number of amides is 1. The van der Waals surface area contributed by atoms with Gasteiger partial charge in [-0.15, -0.1) is 0 Å². The molecule has 6 nitrogen and oxygen atoms in total. The zero-order valence-corrected chi connectivity index (χ0v) is 14.4. The van der Waals surface area contributed by atoms with Gasteiger partial charge in [0.15, 0.2) is 0 Å². The number of hydrogen-bond donors (Lipinski definition) is 1. The fourth-order valence-electron chi connectivity index (χ4n) is 3.02. The fraction of sp³-hybridized carbons (Fsp3) is 0.263. The zero-order valence-electron chi connectivity index (χ0n) is 14.4. The van der Waals surface area contributed by atoms with Crippen LogP contribution in [0.4, 0.5) is 0 Å². The van der Waals surface area contributed by atoms with Crippen molar-refractivity contribution < 1.29 is 19.4 Å². The fourth-order valence-corrected chi connectivity index (χ4v) is 3.02. The summed E-state index contributed by atoms with van der Waals surface area (Å²) in [6, 6.07) is 12.2. The van der Waals surface area contributed by atoms with Crippen LogP contribution in [0.1, 0.15) is 30.5 Å². The Balaban J connectivity index is 2.01. The summed E-state index contributed by atoms with van der Waals surface area (Å²) in [6.07, 6.45) is 0.486. The summed E-state index contributed by atoms with van der Waals surface area (Å²) in [5.41, 5.74) is 2.13. The van der Waals surface area contributed by atoms with E-state index in [4.69, 9.17) is 9.47 Å². The number of carbonyl (C=O) groups is 1. The first-order chi connectivity index (χ1) is 12.0. The number of hydrazone groups is 1. The van der Waals surface area contributed by atoms with E-state index in [0.29, 0.717) is 29.2 Å². The Morgan fingerprint density at radius 2 is 1.96 bits per heavy atom. The first-order valence-corrected chi connectivity index (χ1v) is 7.92. The van der Waals surface area contributed by atoms with Gasteiger partial charge in [0.05, 0.1) is 26.0 Å². The largest absolute Gasteiger partial charge is 0.507 e. The molecular weight excluding hydrogens is 320 g/mol. The minimum Gasteiger partial charge on any atom is -0.507 e. The lowest BCUT2D eigenvalue weighted by Crippen LogP contribution is -2.24. The first kappa shape index (κ1) is 16.8. The molecule has 3 rings (SSSR count). The Hall–Kier alpha value is -3.02. The number of methoxy groups -OCH3 is 2. The average molecular weight is 340 g/mol. The quantitative estimate of drug-likeness (QED) is 0.928. The van der Waals surface area contributed by atoms with Crippen LogP contribution in [0.5, 0.6) is 17.2 Å². The van der Waals surface area contributed by atoms with Crippen LogP contribution >= 0.6 is 0 Å². The van der Waals surface area contributed by atoms with Gasteiger partial charge in [-0.3, -0.25) is 4.79 Å². The number of benzene rings is 2. The molecule has 0 radical (unpaired) electrons. The highest BCUT2D eigenvalue weighted by Gasteiger charge is 2.34. The zero-order chi connectivity index (χ0) is 18.0. The highest BCUT2D eigenvalue weighted by atomic mass is 16.5. The molecule has 2 aromatic carbocycles. The predicted octanol–water partition coefficient (Wildman–Crippen LogP) is 3.11. The normalized spacial score (nSPS) is 16.5. The van der Waals surface area contributed by atoms with Crippen molar-refractivity contribution in [2.75, 3.05) is 14.2 Å². The molecule has 1 N–H and O–H groups in total. The molecule has 1 atom stereocenters. The molecule has 1 heterocycles. The third kappa shape index (κ3) is 3.15. The maximum atomic E-state index is 12.1. The van der Waals surface area contributed by atoms with Crippen molar-refractivity contribution in [3.05, 3.63) is 53.6 Å². The van der Waals surface area contributed by atoms with Crippen LogP contribution in [0.3, 0.4) is 0 Å². The number of carbonyl (C=O) groups excluding carboxylic acids is 1. The van der Waals surface area contributed by atoms with Gasteiger partial charge in [0.25, 0.3) is 0 Å². The molecule has 0 fully saturated rings. The number of rotatable bonds is 4. The van der Waals surface area contributed by atoms with E-state index in [0.717, 1.165) is 5.56 Å². The SMILES string of the molecule is COc1ccc([C@@H]2CC(c3ccccc3O)=NN2C(C)=O)c(OC)c1. The Morgan fingerprint density at radius 3 is 2.60 bits per heavy atom. The van der Waals surface area contributed by atoms with Crippen molar-refractivity contribution >= 4 is 11.6 Å². The van der Waals surface area contributed by atoms with Gasteiger partial charge >= 0.3 is 0 Å². The molecule has 0 unspecified atom stereocenters. The van der Waals surface area contributed by atoms with Gasteiger partial charge < -0.3 is 14.6 Å². The number of aromatic hydroxyl groups is 1. The molecule has 130 valence electrons. The Kier molecular flexibility index (Phi) is 4.61. The van der Waals surface area contributed by atoms with Crippen molar-refractivity contribution in [2.24, 2.45) is 5.10 Å². The molecule has 25 heavy (non-hydrogen) atoms. The van der Waals surface area contributed by atoms with Crippen LogP contribution in [-0.2, 0) is 4.79 Å². The van der Waals surface area contributed by atoms with Gasteiger partial charge in [-0.2, -0.15) is 5.10 Å². The second-order valence-corrected chi connectivity index (χ2v) is 5.76. The highest BCUT2D eigenvalue weighted by molar-refractivity contribution is 6.05. The highest BCUT2D eigenvalue weighted by Crippen LogP contribution is 2.39. The van der Waals surface area contributed by atoms with Crippen LogP contribution in [-0.4, -0.2) is 36.0 Å². The van der Waals surface area contributed by atoms with E-state index in [1.807, 2.05) is 18.2 Å².